The first-order valence-corrected chi connectivity index (χ1v) is 7.69. The SMILES string of the molecule is O=C(NS(=O)(=O)Cc1ccccn1)c1ccc(Cl)cc1. The van der Waals surface area contributed by atoms with Gasteiger partial charge in [0.05, 0.1) is 5.69 Å². The van der Waals surface area contributed by atoms with Crippen LogP contribution in [0.15, 0.2) is 48.7 Å². The number of halogens is 1. The Labute approximate surface area is 121 Å². The van der Waals surface area contributed by atoms with Crippen LogP contribution >= 0.6 is 11.6 Å². The minimum atomic E-state index is -3.79. The first-order chi connectivity index (χ1) is 9.46. The van der Waals surface area contributed by atoms with Gasteiger partial charge in [-0.2, -0.15) is 0 Å². The molecule has 0 saturated heterocycles. The molecule has 1 aromatic heterocycles. The van der Waals surface area contributed by atoms with Crippen LogP contribution in [0.4, 0.5) is 0 Å². The van der Waals surface area contributed by atoms with Crippen LogP contribution in [-0.2, 0) is 15.8 Å². The quantitative estimate of drug-likeness (QED) is 0.937. The number of carbonyl (C=O) groups excluding carboxylic acids is 1. The summed E-state index contributed by atoms with van der Waals surface area (Å²) < 4.78 is 25.7. The summed E-state index contributed by atoms with van der Waals surface area (Å²) in [4.78, 5) is 15.7. The van der Waals surface area contributed by atoms with Gasteiger partial charge in [0.15, 0.2) is 0 Å². The molecule has 0 bridgehead atoms. The number of hydrogen-bond donors (Lipinski definition) is 1. The molecule has 0 aliphatic rings. The Morgan fingerprint density at radius 3 is 2.45 bits per heavy atom. The van der Waals surface area contributed by atoms with E-state index in [1.165, 1.54) is 30.5 Å². The molecule has 1 heterocycles. The van der Waals surface area contributed by atoms with E-state index in [2.05, 4.69) is 4.98 Å². The Hall–Kier alpha value is -1.92. The fourth-order valence-corrected chi connectivity index (χ4v) is 2.67. The number of nitrogens with zero attached hydrogens (tertiary/aromatic N) is 1. The van der Waals surface area contributed by atoms with Gasteiger partial charge < -0.3 is 0 Å². The monoisotopic (exact) mass is 310 g/mol. The Kier molecular flexibility index (Phi) is 4.36. The number of carbonyl (C=O) groups is 1. The van der Waals surface area contributed by atoms with E-state index in [-0.39, 0.29) is 11.3 Å². The number of benzene rings is 1. The molecule has 104 valence electrons. The number of sulfonamides is 1. The summed E-state index contributed by atoms with van der Waals surface area (Å²) in [5.74, 6) is -1.05. The summed E-state index contributed by atoms with van der Waals surface area (Å²) in [6, 6.07) is 10.9. The van der Waals surface area contributed by atoms with Crippen LogP contribution in [0.1, 0.15) is 16.1 Å². The second-order valence-corrected chi connectivity index (χ2v) is 6.18. The molecule has 0 saturated carbocycles. The largest absolute Gasteiger partial charge is 0.268 e. The maximum atomic E-state index is 11.9. The van der Waals surface area contributed by atoms with Crippen molar-refractivity contribution in [2.75, 3.05) is 0 Å². The van der Waals surface area contributed by atoms with E-state index in [1.54, 1.807) is 18.2 Å². The van der Waals surface area contributed by atoms with Gasteiger partial charge in [0, 0.05) is 16.8 Å². The van der Waals surface area contributed by atoms with Gasteiger partial charge in [-0.25, -0.2) is 13.1 Å². The van der Waals surface area contributed by atoms with E-state index < -0.39 is 15.9 Å². The third-order valence-electron chi connectivity index (χ3n) is 2.42. The van der Waals surface area contributed by atoms with Crippen molar-refractivity contribution in [3.05, 3.63) is 64.9 Å². The summed E-state index contributed by atoms with van der Waals surface area (Å²) in [7, 11) is -3.79. The maximum absolute atomic E-state index is 11.9. The molecule has 0 spiro atoms. The molecule has 1 N–H and O–H groups in total. The highest BCUT2D eigenvalue weighted by Crippen LogP contribution is 2.10. The Bertz CT molecular complexity index is 700. The molecule has 0 atom stereocenters. The molecule has 7 heteroatoms. The van der Waals surface area contributed by atoms with Gasteiger partial charge in [0.1, 0.15) is 5.75 Å². The van der Waals surface area contributed by atoms with Crippen molar-refractivity contribution in [3.63, 3.8) is 0 Å². The molecule has 0 unspecified atom stereocenters. The molecular formula is C13H11ClN2O3S. The first-order valence-electron chi connectivity index (χ1n) is 5.66. The van der Waals surface area contributed by atoms with Crippen LogP contribution in [0, 0.1) is 0 Å². The third kappa shape index (κ3) is 4.04. The first kappa shape index (κ1) is 14.5. The molecule has 2 rings (SSSR count). The molecule has 2 aromatic rings. The normalized spacial score (nSPS) is 11.1. The van der Waals surface area contributed by atoms with Crippen molar-refractivity contribution < 1.29 is 13.2 Å². The maximum Gasteiger partial charge on any atom is 0.264 e. The number of nitrogens with one attached hydrogen (secondary N) is 1. The van der Waals surface area contributed by atoms with Crippen LogP contribution in [-0.4, -0.2) is 19.3 Å². The fraction of sp³-hybridized carbons (Fsp3) is 0.0769. The summed E-state index contributed by atoms with van der Waals surface area (Å²) >= 11 is 5.70. The second kappa shape index (κ2) is 6.02. The van der Waals surface area contributed by atoms with E-state index in [0.717, 1.165) is 0 Å². The number of hydrogen-bond acceptors (Lipinski definition) is 4. The molecular weight excluding hydrogens is 300 g/mol. The zero-order valence-corrected chi connectivity index (χ0v) is 11.9. The molecule has 1 aromatic carbocycles. The molecule has 5 nitrogen and oxygen atoms in total. The van der Waals surface area contributed by atoms with Crippen molar-refractivity contribution >= 4 is 27.5 Å². The Morgan fingerprint density at radius 1 is 1.15 bits per heavy atom. The number of pyridine rings is 1. The van der Waals surface area contributed by atoms with Crippen LogP contribution in [0.3, 0.4) is 0 Å². The average Bonchev–Trinajstić information content (AvgIpc) is 2.39. The van der Waals surface area contributed by atoms with Gasteiger partial charge in [-0.1, -0.05) is 17.7 Å². The predicted octanol–water partition coefficient (Wildman–Crippen LogP) is 1.99. The topological polar surface area (TPSA) is 76.1 Å². The zero-order valence-electron chi connectivity index (χ0n) is 10.3. The highest BCUT2D eigenvalue weighted by atomic mass is 35.5. The van der Waals surface area contributed by atoms with E-state index in [4.69, 9.17) is 11.6 Å². The van der Waals surface area contributed by atoms with Gasteiger partial charge in [-0.3, -0.25) is 9.78 Å². The van der Waals surface area contributed by atoms with E-state index in [1.807, 2.05) is 4.72 Å². The second-order valence-electron chi connectivity index (χ2n) is 4.02. The molecule has 1 amide bonds. The van der Waals surface area contributed by atoms with Crippen molar-refractivity contribution in [2.24, 2.45) is 0 Å². The van der Waals surface area contributed by atoms with Crippen LogP contribution in [0.2, 0.25) is 5.02 Å². The highest BCUT2D eigenvalue weighted by molar-refractivity contribution is 7.89. The number of aromatic nitrogens is 1. The minimum Gasteiger partial charge on any atom is -0.268 e. The molecule has 0 aliphatic heterocycles. The summed E-state index contributed by atoms with van der Waals surface area (Å²) in [5.41, 5.74) is 0.586. The fourth-order valence-electron chi connectivity index (χ4n) is 1.52. The van der Waals surface area contributed by atoms with Gasteiger partial charge in [0.25, 0.3) is 5.91 Å². The number of amides is 1. The lowest BCUT2D eigenvalue weighted by Crippen LogP contribution is -2.31. The molecule has 0 fully saturated rings. The lowest BCUT2D eigenvalue weighted by atomic mass is 10.2. The summed E-state index contributed by atoms with van der Waals surface area (Å²) in [6.07, 6.45) is 1.49. The minimum absolute atomic E-state index is 0.221. The lowest BCUT2D eigenvalue weighted by molar-refractivity contribution is 0.0981. The van der Waals surface area contributed by atoms with Crippen molar-refractivity contribution in [3.8, 4) is 0 Å². The smallest absolute Gasteiger partial charge is 0.264 e. The van der Waals surface area contributed by atoms with Crippen LogP contribution in [0.5, 0.6) is 0 Å². The molecule has 0 aliphatic carbocycles. The Balaban J connectivity index is 2.08. The van der Waals surface area contributed by atoms with Gasteiger partial charge >= 0.3 is 0 Å². The number of rotatable bonds is 4. The molecule has 0 radical (unpaired) electrons. The van der Waals surface area contributed by atoms with Gasteiger partial charge in [0.2, 0.25) is 10.0 Å². The van der Waals surface area contributed by atoms with Crippen LogP contribution in [0.25, 0.3) is 0 Å². The predicted molar refractivity (Wildman–Crippen MR) is 75.8 cm³/mol. The van der Waals surface area contributed by atoms with E-state index >= 15 is 0 Å². The zero-order chi connectivity index (χ0) is 14.6. The average molecular weight is 311 g/mol. The molecule has 20 heavy (non-hydrogen) atoms. The van der Waals surface area contributed by atoms with Crippen molar-refractivity contribution in [2.45, 2.75) is 5.75 Å². The highest BCUT2D eigenvalue weighted by Gasteiger charge is 2.17. The van der Waals surface area contributed by atoms with Gasteiger partial charge in [-0.05, 0) is 36.4 Å². The lowest BCUT2D eigenvalue weighted by Gasteiger charge is -2.06. The van der Waals surface area contributed by atoms with Gasteiger partial charge in [-0.15, -0.1) is 0 Å². The summed E-state index contributed by atoms with van der Waals surface area (Å²) in [6.45, 7) is 0. The standard InChI is InChI=1S/C13H11ClN2O3S/c14-11-6-4-10(5-7-11)13(17)16-20(18,19)9-12-3-1-2-8-15-12/h1-8H,9H2,(H,16,17). The summed E-state index contributed by atoms with van der Waals surface area (Å²) in [5, 5.41) is 0.470. The Morgan fingerprint density at radius 2 is 1.85 bits per heavy atom. The van der Waals surface area contributed by atoms with Crippen LogP contribution < -0.4 is 4.72 Å². The third-order valence-corrected chi connectivity index (χ3v) is 3.84. The van der Waals surface area contributed by atoms with E-state index in [9.17, 15) is 13.2 Å². The van der Waals surface area contributed by atoms with Crippen molar-refractivity contribution in [1.82, 2.24) is 9.71 Å². The van der Waals surface area contributed by atoms with E-state index in [0.29, 0.717) is 10.7 Å². The van der Waals surface area contributed by atoms with Crippen molar-refractivity contribution in [1.29, 1.82) is 0 Å².